The van der Waals surface area contributed by atoms with E-state index in [2.05, 4.69) is 17.1 Å². The summed E-state index contributed by atoms with van der Waals surface area (Å²) in [5.74, 6) is -1.53. The molecule has 4 nitrogen and oxygen atoms in total. The fourth-order valence-electron chi connectivity index (χ4n) is 5.44. The van der Waals surface area contributed by atoms with Crippen LogP contribution >= 0.6 is 0 Å². The van der Waals surface area contributed by atoms with E-state index in [4.69, 9.17) is 0 Å². The van der Waals surface area contributed by atoms with E-state index in [1.165, 1.54) is 4.90 Å². The van der Waals surface area contributed by atoms with Gasteiger partial charge < -0.3 is 0 Å². The van der Waals surface area contributed by atoms with Crippen molar-refractivity contribution >= 4 is 28.4 Å². The summed E-state index contributed by atoms with van der Waals surface area (Å²) in [4.78, 5) is 33.9. The summed E-state index contributed by atoms with van der Waals surface area (Å²) in [6, 6.07) is 29.5. The monoisotopic (exact) mass is 430 g/mol. The number of nitrogens with zero attached hydrogens (tertiary/aromatic N) is 2. The van der Waals surface area contributed by atoms with Gasteiger partial charge in [-0.1, -0.05) is 91.0 Å². The van der Waals surface area contributed by atoms with Crippen molar-refractivity contribution in [1.29, 1.82) is 0 Å². The minimum atomic E-state index is -0.464. The van der Waals surface area contributed by atoms with Gasteiger partial charge in [-0.25, -0.2) is 4.90 Å². The number of allylic oxidation sites excluding steroid dienone is 2. The molecule has 33 heavy (non-hydrogen) atoms. The molecule has 1 aliphatic heterocycles. The third-order valence-electron chi connectivity index (χ3n) is 6.92. The first-order chi connectivity index (χ1) is 16.2. The number of fused-ring (bicyclic) bond motifs is 2. The van der Waals surface area contributed by atoms with Crippen LogP contribution in [0.1, 0.15) is 23.0 Å². The van der Waals surface area contributed by atoms with E-state index in [0.717, 1.165) is 16.5 Å². The molecule has 1 fully saturated rings. The predicted octanol–water partition coefficient (Wildman–Crippen LogP) is 5.48. The number of hydrogen-bond donors (Lipinski definition) is 0. The summed E-state index contributed by atoms with van der Waals surface area (Å²) in [6.07, 6.45) is 5.93. The Balaban J connectivity index is 1.52. The van der Waals surface area contributed by atoms with E-state index in [1.807, 2.05) is 91.0 Å². The topological polar surface area (TPSA) is 50.3 Å². The average molecular weight is 431 g/mol. The quantitative estimate of drug-likeness (QED) is 0.320. The maximum Gasteiger partial charge on any atom is 0.238 e. The number of benzene rings is 3. The molecule has 1 saturated heterocycles. The van der Waals surface area contributed by atoms with Gasteiger partial charge in [-0.2, -0.15) is 0 Å². The van der Waals surface area contributed by atoms with Crippen LogP contribution in [0.4, 0.5) is 5.69 Å². The number of anilines is 1. The Morgan fingerprint density at radius 1 is 0.606 bits per heavy atom. The van der Waals surface area contributed by atoms with Crippen LogP contribution in [0, 0.1) is 11.8 Å². The smallest absolute Gasteiger partial charge is 0.238 e. The molecule has 3 aromatic carbocycles. The second-order valence-corrected chi connectivity index (χ2v) is 8.67. The number of aromatic nitrogens is 1. The number of hydrogen-bond acceptors (Lipinski definition) is 3. The molecule has 2 heterocycles. The normalized spacial score (nSPS) is 24.3. The molecule has 0 spiro atoms. The number of para-hydroxylation sites is 1. The van der Waals surface area contributed by atoms with Crippen LogP contribution in [0.5, 0.6) is 0 Å². The van der Waals surface area contributed by atoms with Crippen molar-refractivity contribution in [1.82, 2.24) is 4.98 Å². The summed E-state index contributed by atoms with van der Waals surface area (Å²) >= 11 is 0. The minimum Gasteiger partial charge on any atom is -0.274 e. The number of amides is 2. The molecular formula is C29H22N2O2. The maximum atomic E-state index is 14.0. The summed E-state index contributed by atoms with van der Waals surface area (Å²) in [7, 11) is 0. The van der Waals surface area contributed by atoms with Crippen molar-refractivity contribution in [2.75, 3.05) is 4.90 Å². The highest BCUT2D eigenvalue weighted by molar-refractivity contribution is 6.25. The lowest BCUT2D eigenvalue weighted by atomic mass is 9.68. The highest BCUT2D eigenvalue weighted by atomic mass is 16.2. The van der Waals surface area contributed by atoms with Gasteiger partial charge in [0, 0.05) is 23.4 Å². The van der Waals surface area contributed by atoms with Gasteiger partial charge in [0.05, 0.1) is 23.0 Å². The van der Waals surface area contributed by atoms with Crippen LogP contribution in [-0.2, 0) is 9.59 Å². The third kappa shape index (κ3) is 3.10. The largest absolute Gasteiger partial charge is 0.274 e. The Kier molecular flexibility index (Phi) is 4.65. The van der Waals surface area contributed by atoms with Crippen LogP contribution in [0.15, 0.2) is 109 Å². The molecule has 4 heteroatoms. The molecule has 0 N–H and O–H groups in total. The third-order valence-corrected chi connectivity index (χ3v) is 6.92. The van der Waals surface area contributed by atoms with Crippen LogP contribution in [0.25, 0.3) is 10.9 Å². The molecule has 0 radical (unpaired) electrons. The fraction of sp³-hybridized carbons (Fsp3) is 0.138. The van der Waals surface area contributed by atoms with E-state index < -0.39 is 11.8 Å². The van der Waals surface area contributed by atoms with Crippen molar-refractivity contribution in [3.63, 3.8) is 0 Å². The summed E-state index contributed by atoms with van der Waals surface area (Å²) in [5, 5.41) is 0.905. The Morgan fingerprint density at radius 2 is 1.15 bits per heavy atom. The number of pyridine rings is 1. The summed E-state index contributed by atoms with van der Waals surface area (Å²) < 4.78 is 0. The first kappa shape index (κ1) is 19.6. The molecule has 2 aliphatic rings. The first-order valence-electron chi connectivity index (χ1n) is 11.2. The highest BCUT2D eigenvalue weighted by Gasteiger charge is 2.55. The Morgan fingerprint density at radius 3 is 1.73 bits per heavy atom. The lowest BCUT2D eigenvalue weighted by Gasteiger charge is -2.32. The van der Waals surface area contributed by atoms with Crippen molar-refractivity contribution in [2.24, 2.45) is 11.8 Å². The van der Waals surface area contributed by atoms with Gasteiger partial charge in [0.1, 0.15) is 0 Å². The zero-order valence-electron chi connectivity index (χ0n) is 17.9. The van der Waals surface area contributed by atoms with Gasteiger partial charge >= 0.3 is 0 Å². The highest BCUT2D eigenvalue weighted by Crippen LogP contribution is 2.50. The van der Waals surface area contributed by atoms with Gasteiger partial charge in [-0.05, 0) is 23.3 Å². The van der Waals surface area contributed by atoms with Gasteiger partial charge in [0.15, 0.2) is 0 Å². The fourth-order valence-corrected chi connectivity index (χ4v) is 5.44. The molecule has 4 aromatic rings. The standard InChI is InChI=1S/C29H22N2O2/c32-28-25-22(19-9-3-1-4-10-19)16-17-23(20-11-5-2-6-12-20)26(25)29(33)31(28)24-15-7-13-21-14-8-18-30-27(21)24/h1-18,22-23,25-26H/t22-,23-,25-,26-/m1/s1. The Hall–Kier alpha value is -4.05. The molecule has 6 rings (SSSR count). The van der Waals surface area contributed by atoms with E-state index in [0.29, 0.717) is 11.2 Å². The van der Waals surface area contributed by atoms with Gasteiger partial charge in [0.2, 0.25) is 11.8 Å². The number of imide groups is 1. The van der Waals surface area contributed by atoms with Crippen LogP contribution in [-0.4, -0.2) is 16.8 Å². The molecule has 1 aliphatic carbocycles. The second-order valence-electron chi connectivity index (χ2n) is 8.67. The van der Waals surface area contributed by atoms with E-state index in [-0.39, 0.29) is 23.7 Å². The van der Waals surface area contributed by atoms with Crippen LogP contribution in [0.3, 0.4) is 0 Å². The number of carbonyl (C=O) groups is 2. The first-order valence-corrected chi connectivity index (χ1v) is 11.2. The van der Waals surface area contributed by atoms with Crippen LogP contribution < -0.4 is 4.90 Å². The molecule has 0 unspecified atom stereocenters. The Bertz CT molecular complexity index is 1310. The average Bonchev–Trinajstić information content (AvgIpc) is 3.14. The Labute approximate surface area is 192 Å². The summed E-state index contributed by atoms with van der Waals surface area (Å²) in [6.45, 7) is 0. The van der Waals surface area contributed by atoms with Crippen LogP contribution in [0.2, 0.25) is 0 Å². The summed E-state index contributed by atoms with van der Waals surface area (Å²) in [5.41, 5.74) is 3.33. The van der Waals surface area contributed by atoms with Gasteiger partial charge in [0.25, 0.3) is 0 Å². The van der Waals surface area contributed by atoms with Crippen molar-refractivity contribution in [3.8, 4) is 0 Å². The van der Waals surface area contributed by atoms with E-state index in [9.17, 15) is 9.59 Å². The van der Waals surface area contributed by atoms with Crippen molar-refractivity contribution < 1.29 is 9.59 Å². The minimum absolute atomic E-state index is 0.151. The zero-order valence-corrected chi connectivity index (χ0v) is 17.9. The van der Waals surface area contributed by atoms with Gasteiger partial charge in [-0.15, -0.1) is 0 Å². The molecule has 4 atom stereocenters. The maximum absolute atomic E-state index is 14.0. The van der Waals surface area contributed by atoms with Crippen molar-refractivity contribution in [2.45, 2.75) is 11.8 Å². The lowest BCUT2D eigenvalue weighted by molar-refractivity contribution is -0.122. The molecule has 160 valence electrons. The molecule has 2 amide bonds. The predicted molar refractivity (Wildman–Crippen MR) is 129 cm³/mol. The SMILES string of the molecule is O=C1[C@H]2[C@H](C(=O)N1c1cccc3cccnc13)[C@@H](c1ccccc1)C=C[C@@H]2c1ccccc1. The molecular weight excluding hydrogens is 408 g/mol. The van der Waals surface area contributed by atoms with E-state index in [1.54, 1.807) is 6.20 Å². The lowest BCUT2D eigenvalue weighted by Crippen LogP contribution is -2.32. The number of carbonyl (C=O) groups excluding carboxylic acids is 2. The molecule has 0 saturated carbocycles. The van der Waals surface area contributed by atoms with E-state index >= 15 is 0 Å². The van der Waals surface area contributed by atoms with Gasteiger partial charge in [-0.3, -0.25) is 14.6 Å². The second kappa shape index (κ2) is 7.82. The molecule has 0 bridgehead atoms. The van der Waals surface area contributed by atoms with Crippen molar-refractivity contribution in [3.05, 3.63) is 120 Å². The molecule has 1 aromatic heterocycles. The zero-order chi connectivity index (χ0) is 22.4. The number of rotatable bonds is 3.